The van der Waals surface area contributed by atoms with Crippen LogP contribution >= 0.6 is 15.9 Å². The van der Waals surface area contributed by atoms with E-state index in [2.05, 4.69) is 21.2 Å². The number of anilines is 1. The molecule has 2 aromatic carbocycles. The van der Waals surface area contributed by atoms with Gasteiger partial charge in [0.05, 0.1) is 12.3 Å². The average Bonchev–Trinajstić information content (AvgIpc) is 3.05. The van der Waals surface area contributed by atoms with Crippen molar-refractivity contribution in [3.63, 3.8) is 0 Å². The maximum Gasteiger partial charge on any atom is 0.231 e. The van der Waals surface area contributed by atoms with Crippen LogP contribution in [0.1, 0.15) is 30.1 Å². The highest BCUT2D eigenvalue weighted by atomic mass is 79.9. The number of ketones is 1. The summed E-state index contributed by atoms with van der Waals surface area (Å²) in [5.74, 6) is 1.43. The molecule has 0 atom stereocenters. The number of benzene rings is 2. The normalized spacial score (nSPS) is 11.9. The molecule has 1 aliphatic heterocycles. The predicted octanol–water partition coefficient (Wildman–Crippen LogP) is 4.18. The summed E-state index contributed by atoms with van der Waals surface area (Å²) in [6, 6.07) is 10.7. The first-order chi connectivity index (χ1) is 12.5. The first kappa shape index (κ1) is 18.3. The second-order valence-corrected chi connectivity index (χ2v) is 6.68. The van der Waals surface area contributed by atoms with Gasteiger partial charge < -0.3 is 19.5 Å². The lowest BCUT2D eigenvalue weighted by Crippen LogP contribution is -2.15. The fraction of sp³-hybridized carbons (Fsp3) is 0.263. The maximum atomic E-state index is 12.2. The van der Waals surface area contributed by atoms with Gasteiger partial charge in [0.15, 0.2) is 17.3 Å². The number of carbonyl (C=O) groups is 2. The molecule has 2 aromatic rings. The van der Waals surface area contributed by atoms with Crippen LogP contribution in [-0.2, 0) is 4.79 Å². The second-order valence-electron chi connectivity index (χ2n) is 5.76. The van der Waals surface area contributed by atoms with E-state index in [1.807, 2.05) is 24.3 Å². The summed E-state index contributed by atoms with van der Waals surface area (Å²) in [5.41, 5.74) is 0.827. The third kappa shape index (κ3) is 4.54. The van der Waals surface area contributed by atoms with E-state index < -0.39 is 0 Å². The molecule has 0 saturated carbocycles. The van der Waals surface area contributed by atoms with Crippen molar-refractivity contribution in [2.24, 2.45) is 0 Å². The Bertz CT molecular complexity index is 837. The van der Waals surface area contributed by atoms with Gasteiger partial charge in [-0.05, 0) is 37.6 Å². The standard InChI is InChI=1S/C19H18BrNO5/c1-12(22)15-9-17-18(26-11-25-17)10-16(15)21-19(23)6-3-7-24-14-5-2-4-13(20)8-14/h2,4-5,8-10H,3,6-7,11H2,1H3,(H,21,23). The fourth-order valence-electron chi connectivity index (χ4n) is 2.53. The molecule has 6 nitrogen and oxygen atoms in total. The number of fused-ring (bicyclic) bond motifs is 1. The molecule has 1 N–H and O–H groups in total. The van der Waals surface area contributed by atoms with E-state index in [0.29, 0.717) is 35.8 Å². The molecule has 7 heteroatoms. The van der Waals surface area contributed by atoms with Crippen LogP contribution in [0, 0.1) is 0 Å². The van der Waals surface area contributed by atoms with Crippen LogP contribution in [0.15, 0.2) is 40.9 Å². The number of rotatable bonds is 7. The zero-order chi connectivity index (χ0) is 18.5. The van der Waals surface area contributed by atoms with Gasteiger partial charge in [-0.15, -0.1) is 0 Å². The molecule has 0 aliphatic carbocycles. The quantitative estimate of drug-likeness (QED) is 0.538. The third-order valence-electron chi connectivity index (χ3n) is 3.78. The Morgan fingerprint density at radius 2 is 1.96 bits per heavy atom. The van der Waals surface area contributed by atoms with Gasteiger partial charge in [-0.2, -0.15) is 0 Å². The molecule has 1 aliphatic rings. The van der Waals surface area contributed by atoms with E-state index in [1.54, 1.807) is 12.1 Å². The smallest absolute Gasteiger partial charge is 0.231 e. The van der Waals surface area contributed by atoms with Gasteiger partial charge in [0.1, 0.15) is 5.75 Å². The molecule has 0 spiro atoms. The van der Waals surface area contributed by atoms with Crippen molar-refractivity contribution in [3.8, 4) is 17.2 Å². The predicted molar refractivity (Wildman–Crippen MR) is 100 cm³/mol. The lowest BCUT2D eigenvalue weighted by atomic mass is 10.1. The molecular formula is C19H18BrNO5. The Hall–Kier alpha value is -2.54. The number of halogens is 1. The SMILES string of the molecule is CC(=O)c1cc2c(cc1NC(=O)CCCOc1cccc(Br)c1)OCO2. The van der Waals surface area contributed by atoms with Crippen LogP contribution in [0.3, 0.4) is 0 Å². The Labute approximate surface area is 159 Å². The molecule has 26 heavy (non-hydrogen) atoms. The van der Waals surface area contributed by atoms with Crippen molar-refractivity contribution in [2.75, 3.05) is 18.7 Å². The highest BCUT2D eigenvalue weighted by molar-refractivity contribution is 9.10. The zero-order valence-corrected chi connectivity index (χ0v) is 15.8. The molecule has 1 heterocycles. The Morgan fingerprint density at radius 1 is 1.19 bits per heavy atom. The summed E-state index contributed by atoms with van der Waals surface area (Å²) in [7, 11) is 0. The summed E-state index contributed by atoms with van der Waals surface area (Å²) < 4.78 is 17.1. The van der Waals surface area contributed by atoms with Crippen LogP contribution in [0.5, 0.6) is 17.2 Å². The minimum absolute atomic E-state index is 0.108. The van der Waals surface area contributed by atoms with Crippen LogP contribution in [0.2, 0.25) is 0 Å². The lowest BCUT2D eigenvalue weighted by molar-refractivity contribution is -0.116. The molecule has 0 fully saturated rings. The van der Waals surface area contributed by atoms with Gasteiger partial charge in [0, 0.05) is 22.5 Å². The summed E-state index contributed by atoms with van der Waals surface area (Å²) in [4.78, 5) is 24.0. The van der Waals surface area contributed by atoms with Crippen molar-refractivity contribution in [1.82, 2.24) is 0 Å². The highest BCUT2D eigenvalue weighted by Gasteiger charge is 2.20. The number of nitrogens with one attached hydrogen (secondary N) is 1. The minimum atomic E-state index is -0.191. The molecular weight excluding hydrogens is 402 g/mol. The number of carbonyl (C=O) groups excluding carboxylic acids is 2. The maximum absolute atomic E-state index is 12.2. The number of amides is 1. The molecule has 0 radical (unpaired) electrons. The molecule has 3 rings (SSSR count). The topological polar surface area (TPSA) is 73.9 Å². The minimum Gasteiger partial charge on any atom is -0.494 e. The van der Waals surface area contributed by atoms with Crippen LogP contribution in [-0.4, -0.2) is 25.1 Å². The highest BCUT2D eigenvalue weighted by Crippen LogP contribution is 2.37. The van der Waals surface area contributed by atoms with Crippen molar-refractivity contribution < 1.29 is 23.8 Å². The van der Waals surface area contributed by atoms with Gasteiger partial charge in [-0.25, -0.2) is 0 Å². The van der Waals surface area contributed by atoms with Gasteiger partial charge in [-0.3, -0.25) is 9.59 Å². The number of Topliss-reactive ketones (excluding diaryl/α,β-unsaturated/α-hetero) is 1. The Kier molecular flexibility index (Phi) is 5.78. The van der Waals surface area contributed by atoms with Crippen molar-refractivity contribution in [3.05, 3.63) is 46.4 Å². The largest absolute Gasteiger partial charge is 0.494 e. The summed E-state index contributed by atoms with van der Waals surface area (Å²) in [6.07, 6.45) is 0.831. The summed E-state index contributed by atoms with van der Waals surface area (Å²) in [6.45, 7) is 1.97. The first-order valence-corrected chi connectivity index (χ1v) is 8.95. The van der Waals surface area contributed by atoms with Gasteiger partial charge >= 0.3 is 0 Å². The van der Waals surface area contributed by atoms with Gasteiger partial charge in [-0.1, -0.05) is 22.0 Å². The average molecular weight is 420 g/mol. The molecule has 0 saturated heterocycles. The monoisotopic (exact) mass is 419 g/mol. The number of ether oxygens (including phenoxy) is 3. The number of hydrogen-bond acceptors (Lipinski definition) is 5. The van der Waals surface area contributed by atoms with E-state index in [4.69, 9.17) is 14.2 Å². The van der Waals surface area contributed by atoms with E-state index in [0.717, 1.165) is 10.2 Å². The van der Waals surface area contributed by atoms with Crippen molar-refractivity contribution in [1.29, 1.82) is 0 Å². The molecule has 136 valence electrons. The zero-order valence-electron chi connectivity index (χ0n) is 14.2. The van der Waals surface area contributed by atoms with E-state index in [1.165, 1.54) is 6.92 Å². The van der Waals surface area contributed by atoms with Crippen LogP contribution in [0.25, 0.3) is 0 Å². The fourth-order valence-corrected chi connectivity index (χ4v) is 2.91. The van der Waals surface area contributed by atoms with Crippen molar-refractivity contribution >= 4 is 33.3 Å². The first-order valence-electron chi connectivity index (χ1n) is 8.16. The van der Waals surface area contributed by atoms with Crippen molar-refractivity contribution in [2.45, 2.75) is 19.8 Å². The Morgan fingerprint density at radius 3 is 2.69 bits per heavy atom. The lowest BCUT2D eigenvalue weighted by Gasteiger charge is -2.11. The third-order valence-corrected chi connectivity index (χ3v) is 4.27. The molecule has 0 unspecified atom stereocenters. The van der Waals surface area contributed by atoms with Gasteiger partial charge in [0.2, 0.25) is 12.7 Å². The van der Waals surface area contributed by atoms with Crippen LogP contribution < -0.4 is 19.5 Å². The van der Waals surface area contributed by atoms with Gasteiger partial charge in [0.25, 0.3) is 0 Å². The molecule has 1 amide bonds. The van der Waals surface area contributed by atoms with Crippen LogP contribution in [0.4, 0.5) is 5.69 Å². The summed E-state index contributed by atoms with van der Waals surface area (Å²) >= 11 is 3.38. The Balaban J connectivity index is 1.54. The summed E-state index contributed by atoms with van der Waals surface area (Å²) in [5, 5.41) is 2.77. The van der Waals surface area contributed by atoms with E-state index in [-0.39, 0.29) is 24.9 Å². The van der Waals surface area contributed by atoms with E-state index >= 15 is 0 Å². The molecule has 0 aromatic heterocycles. The number of hydrogen-bond donors (Lipinski definition) is 1. The van der Waals surface area contributed by atoms with E-state index in [9.17, 15) is 9.59 Å². The second kappa shape index (κ2) is 8.23. The molecule has 0 bridgehead atoms.